The maximum absolute atomic E-state index is 13.0. The number of urea groups is 1. The minimum absolute atomic E-state index is 0.279. The molecule has 0 radical (unpaired) electrons. The van der Waals surface area contributed by atoms with E-state index in [0.717, 1.165) is 0 Å². The van der Waals surface area contributed by atoms with Crippen molar-refractivity contribution in [3.05, 3.63) is 71.8 Å². The summed E-state index contributed by atoms with van der Waals surface area (Å²) >= 11 is 0. The van der Waals surface area contributed by atoms with Gasteiger partial charge in [-0.3, -0.25) is 29.8 Å². The molecule has 136 valence electrons. The first kappa shape index (κ1) is 18.2. The van der Waals surface area contributed by atoms with E-state index in [1.165, 1.54) is 0 Å². The van der Waals surface area contributed by atoms with Crippen molar-refractivity contribution in [2.45, 2.75) is 6.42 Å². The summed E-state index contributed by atoms with van der Waals surface area (Å²) in [4.78, 5) is 61.4. The molecule has 0 bridgehead atoms. The Labute approximate surface area is 154 Å². The van der Waals surface area contributed by atoms with Crippen LogP contribution in [0.1, 0.15) is 27.1 Å². The van der Waals surface area contributed by atoms with E-state index in [1.807, 2.05) is 10.6 Å². The van der Waals surface area contributed by atoms with Crippen molar-refractivity contribution < 1.29 is 24.0 Å². The molecule has 1 aliphatic heterocycles. The predicted octanol–water partition coefficient (Wildman–Crippen LogP) is 1.74. The Morgan fingerprint density at radius 3 is 1.78 bits per heavy atom. The van der Waals surface area contributed by atoms with Crippen LogP contribution in [-0.4, -0.2) is 29.4 Å². The highest BCUT2D eigenvalue weighted by Crippen LogP contribution is 2.25. The third-order valence-electron chi connectivity index (χ3n) is 4.34. The quantitative estimate of drug-likeness (QED) is 0.599. The standard InChI is InChI=1S/C20H16N2O5/c23-15(12-7-3-1-4-8-12)11-14(17(24)13-9-5-2-6-10-13)16-18(25)21-20(27)22-19(16)26/h1-10,14,16H,11H2,(H2,21,22,25,26,27). The number of barbiturate groups is 1. The van der Waals surface area contributed by atoms with Gasteiger partial charge in [0.25, 0.3) is 0 Å². The van der Waals surface area contributed by atoms with Crippen LogP contribution in [0.25, 0.3) is 0 Å². The summed E-state index contributed by atoms with van der Waals surface area (Å²) in [7, 11) is 0. The first-order valence-electron chi connectivity index (χ1n) is 8.30. The van der Waals surface area contributed by atoms with Crippen LogP contribution in [0, 0.1) is 11.8 Å². The van der Waals surface area contributed by atoms with E-state index in [2.05, 4.69) is 0 Å². The van der Waals surface area contributed by atoms with Crippen LogP contribution in [0.15, 0.2) is 60.7 Å². The molecule has 0 aromatic heterocycles. The summed E-state index contributed by atoms with van der Waals surface area (Å²) < 4.78 is 0. The highest BCUT2D eigenvalue weighted by molar-refractivity contribution is 6.19. The second kappa shape index (κ2) is 7.74. The Kier molecular flexibility index (Phi) is 5.21. The fourth-order valence-electron chi connectivity index (χ4n) is 3.02. The van der Waals surface area contributed by atoms with Gasteiger partial charge in [0.05, 0.1) is 5.92 Å². The maximum atomic E-state index is 13.0. The number of carbonyl (C=O) groups excluding carboxylic acids is 5. The third-order valence-corrected chi connectivity index (χ3v) is 4.34. The van der Waals surface area contributed by atoms with Gasteiger partial charge >= 0.3 is 6.03 Å². The predicted molar refractivity (Wildman–Crippen MR) is 94.8 cm³/mol. The number of hydrogen-bond acceptors (Lipinski definition) is 5. The van der Waals surface area contributed by atoms with Gasteiger partial charge in [-0.05, 0) is 0 Å². The average molecular weight is 364 g/mol. The number of amides is 4. The number of carbonyl (C=O) groups is 5. The van der Waals surface area contributed by atoms with Crippen LogP contribution < -0.4 is 10.6 Å². The summed E-state index contributed by atoms with van der Waals surface area (Å²) in [6.07, 6.45) is -0.336. The number of ketones is 2. The number of hydrogen-bond donors (Lipinski definition) is 2. The smallest absolute Gasteiger partial charge is 0.294 e. The van der Waals surface area contributed by atoms with Crippen molar-refractivity contribution in [3.8, 4) is 0 Å². The third kappa shape index (κ3) is 3.98. The number of rotatable bonds is 6. The van der Waals surface area contributed by atoms with E-state index in [9.17, 15) is 24.0 Å². The maximum Gasteiger partial charge on any atom is 0.328 e. The molecule has 3 rings (SSSR count). The van der Waals surface area contributed by atoms with Gasteiger partial charge in [0, 0.05) is 17.5 Å². The van der Waals surface area contributed by atoms with Crippen molar-refractivity contribution in [3.63, 3.8) is 0 Å². The Morgan fingerprint density at radius 1 is 0.778 bits per heavy atom. The molecule has 1 saturated heterocycles. The fraction of sp³-hybridized carbons (Fsp3) is 0.150. The lowest BCUT2D eigenvalue weighted by Gasteiger charge is -2.27. The summed E-state index contributed by atoms with van der Waals surface area (Å²) in [5, 5.41) is 3.97. The Hall–Kier alpha value is -3.61. The van der Waals surface area contributed by atoms with Crippen LogP contribution in [0.5, 0.6) is 0 Å². The SMILES string of the molecule is O=C1NC(=O)C(C(CC(=O)c2ccccc2)C(=O)c2ccccc2)C(=O)N1. The average Bonchev–Trinajstić information content (AvgIpc) is 2.67. The second-order valence-corrected chi connectivity index (χ2v) is 6.12. The molecule has 0 aliphatic carbocycles. The van der Waals surface area contributed by atoms with Crippen LogP contribution >= 0.6 is 0 Å². The molecule has 2 N–H and O–H groups in total. The van der Waals surface area contributed by atoms with Gasteiger partial charge in [-0.15, -0.1) is 0 Å². The minimum Gasteiger partial charge on any atom is -0.294 e. The van der Waals surface area contributed by atoms with E-state index >= 15 is 0 Å². The second-order valence-electron chi connectivity index (χ2n) is 6.12. The molecule has 27 heavy (non-hydrogen) atoms. The molecule has 4 amide bonds. The molecule has 1 unspecified atom stereocenters. The van der Waals surface area contributed by atoms with Gasteiger partial charge in [0.2, 0.25) is 11.8 Å². The van der Waals surface area contributed by atoms with Crippen LogP contribution in [0.3, 0.4) is 0 Å². The van der Waals surface area contributed by atoms with Gasteiger partial charge in [0.1, 0.15) is 5.92 Å². The molecule has 2 aromatic rings. The van der Waals surface area contributed by atoms with Gasteiger partial charge in [-0.1, -0.05) is 60.7 Å². The molecule has 1 aliphatic rings. The van der Waals surface area contributed by atoms with Gasteiger partial charge in [-0.25, -0.2) is 4.79 Å². The lowest BCUT2D eigenvalue weighted by atomic mass is 9.79. The molecule has 1 atom stereocenters. The Morgan fingerprint density at radius 2 is 1.26 bits per heavy atom. The van der Waals surface area contributed by atoms with Crippen LogP contribution in [-0.2, 0) is 9.59 Å². The number of Topliss-reactive ketones (excluding diaryl/α,β-unsaturated/α-hetero) is 2. The summed E-state index contributed by atoms with van der Waals surface area (Å²) in [6, 6.07) is 15.5. The normalized spacial score (nSPS) is 15.6. The van der Waals surface area contributed by atoms with Gasteiger partial charge in [-0.2, -0.15) is 0 Å². The molecular weight excluding hydrogens is 348 g/mol. The number of imide groups is 2. The molecule has 0 saturated carbocycles. The zero-order chi connectivity index (χ0) is 19.4. The van der Waals surface area contributed by atoms with Gasteiger partial charge < -0.3 is 0 Å². The van der Waals surface area contributed by atoms with Crippen molar-refractivity contribution in [1.82, 2.24) is 10.6 Å². The number of benzene rings is 2. The molecular formula is C20H16N2O5. The molecule has 7 heteroatoms. The minimum atomic E-state index is -1.47. The van der Waals surface area contributed by atoms with Crippen molar-refractivity contribution in [1.29, 1.82) is 0 Å². The molecule has 1 heterocycles. The molecule has 7 nitrogen and oxygen atoms in total. The van der Waals surface area contributed by atoms with E-state index in [-0.39, 0.29) is 17.8 Å². The van der Waals surface area contributed by atoms with E-state index in [4.69, 9.17) is 0 Å². The lowest BCUT2D eigenvalue weighted by Crippen LogP contribution is -2.58. The summed E-state index contributed by atoms with van der Waals surface area (Å²) in [6.45, 7) is 0. The first-order chi connectivity index (χ1) is 13.0. The summed E-state index contributed by atoms with van der Waals surface area (Å²) in [5.74, 6) is -5.36. The highest BCUT2D eigenvalue weighted by atomic mass is 16.2. The number of nitrogens with one attached hydrogen (secondary N) is 2. The molecule has 2 aromatic carbocycles. The Bertz CT molecular complexity index is 888. The lowest BCUT2D eigenvalue weighted by molar-refractivity contribution is -0.137. The van der Waals surface area contributed by atoms with Crippen molar-refractivity contribution >= 4 is 29.4 Å². The van der Waals surface area contributed by atoms with Gasteiger partial charge in [0.15, 0.2) is 11.6 Å². The summed E-state index contributed by atoms with van der Waals surface area (Å²) in [5.41, 5.74) is 0.650. The zero-order valence-corrected chi connectivity index (χ0v) is 14.2. The van der Waals surface area contributed by atoms with Crippen LogP contribution in [0.4, 0.5) is 4.79 Å². The zero-order valence-electron chi connectivity index (χ0n) is 14.2. The van der Waals surface area contributed by atoms with Crippen molar-refractivity contribution in [2.75, 3.05) is 0 Å². The molecule has 0 spiro atoms. The fourth-order valence-corrected chi connectivity index (χ4v) is 3.02. The van der Waals surface area contributed by atoms with Crippen LogP contribution in [0.2, 0.25) is 0 Å². The molecule has 1 fully saturated rings. The Balaban J connectivity index is 1.95. The topological polar surface area (TPSA) is 109 Å². The highest BCUT2D eigenvalue weighted by Gasteiger charge is 2.44. The monoisotopic (exact) mass is 364 g/mol. The van der Waals surface area contributed by atoms with E-state index < -0.39 is 35.5 Å². The van der Waals surface area contributed by atoms with Crippen molar-refractivity contribution in [2.24, 2.45) is 11.8 Å². The van der Waals surface area contributed by atoms with E-state index in [0.29, 0.717) is 5.56 Å². The first-order valence-corrected chi connectivity index (χ1v) is 8.30. The van der Waals surface area contributed by atoms with E-state index in [1.54, 1.807) is 60.7 Å². The largest absolute Gasteiger partial charge is 0.328 e.